The Hall–Kier alpha value is -2.85. The molecule has 7 nitrogen and oxygen atoms in total. The van der Waals surface area contributed by atoms with Crippen molar-refractivity contribution in [2.24, 2.45) is 10.7 Å². The van der Waals surface area contributed by atoms with Gasteiger partial charge in [-0.3, -0.25) is 0 Å². The number of para-hydroxylation sites is 1. The van der Waals surface area contributed by atoms with Crippen LogP contribution in [0.15, 0.2) is 77.9 Å². The molecule has 0 spiro atoms. The van der Waals surface area contributed by atoms with E-state index in [1.165, 1.54) is 0 Å². The molecule has 8 heteroatoms. The van der Waals surface area contributed by atoms with Crippen LogP contribution in [-0.4, -0.2) is 36.2 Å². The molecule has 0 saturated carbocycles. The van der Waals surface area contributed by atoms with Crippen molar-refractivity contribution in [1.29, 1.82) is 0 Å². The summed E-state index contributed by atoms with van der Waals surface area (Å²) in [6.45, 7) is 6.32. The van der Waals surface area contributed by atoms with Crippen molar-refractivity contribution in [3.05, 3.63) is 78.5 Å². The first-order chi connectivity index (χ1) is 15.5. The highest BCUT2D eigenvalue weighted by atomic mass is 127. The normalized spacial score (nSPS) is 18.4. The number of benzene rings is 2. The first-order valence-corrected chi connectivity index (χ1v) is 10.8. The van der Waals surface area contributed by atoms with Crippen molar-refractivity contribution >= 4 is 41.4 Å². The van der Waals surface area contributed by atoms with Crippen molar-refractivity contribution in [2.75, 3.05) is 23.3 Å². The minimum absolute atomic E-state index is 0. The fraction of sp³-hybridized carbons (Fsp3) is 0.280. The van der Waals surface area contributed by atoms with Crippen LogP contribution in [0.2, 0.25) is 0 Å². The molecule has 0 aliphatic carbocycles. The molecule has 2 aromatic carbocycles. The number of aromatic nitrogens is 1. The molecule has 174 valence electrons. The maximum Gasteiger partial charge on any atom is 0.193 e. The van der Waals surface area contributed by atoms with Gasteiger partial charge in [-0.15, -0.1) is 24.0 Å². The van der Waals surface area contributed by atoms with Crippen molar-refractivity contribution in [2.45, 2.75) is 32.6 Å². The zero-order valence-corrected chi connectivity index (χ0v) is 21.2. The third-order valence-electron chi connectivity index (χ3n) is 5.07. The number of hydrogen-bond donors (Lipinski definition) is 2. The summed E-state index contributed by atoms with van der Waals surface area (Å²) in [5.41, 5.74) is 7.89. The Labute approximate surface area is 212 Å². The van der Waals surface area contributed by atoms with Gasteiger partial charge in [-0.2, -0.15) is 0 Å². The van der Waals surface area contributed by atoms with Gasteiger partial charge in [-0.1, -0.05) is 30.3 Å². The number of rotatable bonds is 6. The summed E-state index contributed by atoms with van der Waals surface area (Å²) >= 11 is 0. The van der Waals surface area contributed by atoms with E-state index < -0.39 is 0 Å². The highest BCUT2D eigenvalue weighted by Gasteiger charge is 2.22. The zero-order chi connectivity index (χ0) is 22.3. The van der Waals surface area contributed by atoms with E-state index in [-0.39, 0.29) is 36.2 Å². The van der Waals surface area contributed by atoms with Gasteiger partial charge >= 0.3 is 0 Å². The molecule has 2 atom stereocenters. The molecule has 33 heavy (non-hydrogen) atoms. The van der Waals surface area contributed by atoms with E-state index in [4.69, 9.17) is 15.2 Å². The van der Waals surface area contributed by atoms with E-state index in [0.717, 1.165) is 41.7 Å². The maximum absolute atomic E-state index is 6.09. The molecule has 0 radical (unpaired) electrons. The second-order valence-electron chi connectivity index (χ2n) is 7.96. The lowest BCUT2D eigenvalue weighted by Crippen LogP contribution is -2.45. The van der Waals surface area contributed by atoms with Crippen LogP contribution in [0.25, 0.3) is 0 Å². The molecule has 3 N–H and O–H groups in total. The Morgan fingerprint density at radius 1 is 1.06 bits per heavy atom. The lowest BCUT2D eigenvalue weighted by Gasteiger charge is -2.36. The number of nitrogens with two attached hydrogens (primary N) is 1. The number of pyridine rings is 1. The van der Waals surface area contributed by atoms with E-state index in [9.17, 15) is 0 Å². The van der Waals surface area contributed by atoms with E-state index in [1.54, 1.807) is 0 Å². The number of anilines is 2. The zero-order valence-electron chi connectivity index (χ0n) is 18.8. The second kappa shape index (κ2) is 11.9. The fourth-order valence-corrected chi connectivity index (χ4v) is 3.69. The van der Waals surface area contributed by atoms with Crippen LogP contribution in [0.3, 0.4) is 0 Å². The van der Waals surface area contributed by atoms with Gasteiger partial charge in [0.15, 0.2) is 5.96 Å². The summed E-state index contributed by atoms with van der Waals surface area (Å²) in [7, 11) is 0. The average Bonchev–Trinajstić information content (AvgIpc) is 2.78. The van der Waals surface area contributed by atoms with Crippen molar-refractivity contribution in [3.63, 3.8) is 0 Å². The Morgan fingerprint density at radius 3 is 2.48 bits per heavy atom. The number of ether oxygens (including phenoxy) is 2. The predicted octanol–water partition coefficient (Wildman–Crippen LogP) is 5.03. The van der Waals surface area contributed by atoms with E-state index in [1.807, 2.05) is 72.9 Å². The third kappa shape index (κ3) is 7.33. The van der Waals surface area contributed by atoms with Crippen molar-refractivity contribution in [1.82, 2.24) is 4.98 Å². The Balaban J connectivity index is 0.00000306. The lowest BCUT2D eigenvalue weighted by molar-refractivity contribution is -0.00545. The van der Waals surface area contributed by atoms with Crippen molar-refractivity contribution in [3.8, 4) is 11.5 Å². The second-order valence-corrected chi connectivity index (χ2v) is 7.96. The molecule has 2 unspecified atom stereocenters. The summed E-state index contributed by atoms with van der Waals surface area (Å²) in [6, 6.07) is 21.3. The van der Waals surface area contributed by atoms with Gasteiger partial charge in [0.2, 0.25) is 0 Å². The molecular formula is C25H30IN5O2. The van der Waals surface area contributed by atoms with Gasteiger partial charge in [0.1, 0.15) is 17.3 Å². The Bertz CT molecular complexity index is 1040. The van der Waals surface area contributed by atoms with Gasteiger partial charge in [-0.05, 0) is 49.7 Å². The molecule has 0 amide bonds. The fourth-order valence-electron chi connectivity index (χ4n) is 3.69. The van der Waals surface area contributed by atoms with Crippen LogP contribution in [0.1, 0.15) is 19.4 Å². The summed E-state index contributed by atoms with van der Waals surface area (Å²) in [4.78, 5) is 11.3. The molecule has 0 bridgehead atoms. The van der Waals surface area contributed by atoms with Crippen LogP contribution >= 0.6 is 24.0 Å². The molecule has 1 fully saturated rings. The van der Waals surface area contributed by atoms with Crippen LogP contribution in [-0.2, 0) is 11.3 Å². The average molecular weight is 559 g/mol. The first-order valence-electron chi connectivity index (χ1n) is 10.8. The maximum atomic E-state index is 6.09. The minimum atomic E-state index is 0. The largest absolute Gasteiger partial charge is 0.457 e. The highest BCUT2D eigenvalue weighted by Crippen LogP contribution is 2.24. The number of guanidine groups is 1. The van der Waals surface area contributed by atoms with Gasteiger partial charge < -0.3 is 25.4 Å². The molecular weight excluding hydrogens is 529 g/mol. The van der Waals surface area contributed by atoms with Gasteiger partial charge in [0, 0.05) is 31.0 Å². The lowest BCUT2D eigenvalue weighted by atomic mass is 10.2. The quantitative estimate of drug-likeness (QED) is 0.250. The number of morpholine rings is 1. The van der Waals surface area contributed by atoms with E-state index in [2.05, 4.69) is 34.0 Å². The molecule has 2 heterocycles. The SMILES string of the molecule is CC1CN(c2ccc(CN=C(N)Nc3cccc(Oc4ccccc4)c3)cn2)CC(C)O1.I. The summed E-state index contributed by atoms with van der Waals surface area (Å²) < 4.78 is 11.7. The molecule has 1 aliphatic heterocycles. The van der Waals surface area contributed by atoms with Gasteiger partial charge in [0.05, 0.1) is 18.8 Å². The van der Waals surface area contributed by atoms with Crippen LogP contribution in [0.4, 0.5) is 11.5 Å². The summed E-state index contributed by atoms with van der Waals surface area (Å²) in [5, 5.41) is 3.12. The van der Waals surface area contributed by atoms with Crippen LogP contribution < -0.4 is 20.7 Å². The molecule has 1 aromatic heterocycles. The van der Waals surface area contributed by atoms with Gasteiger partial charge in [-0.25, -0.2) is 9.98 Å². The Kier molecular flexibility index (Phi) is 8.90. The topological polar surface area (TPSA) is 85.0 Å². The van der Waals surface area contributed by atoms with Crippen LogP contribution in [0, 0.1) is 0 Å². The minimum Gasteiger partial charge on any atom is -0.457 e. The number of hydrogen-bond acceptors (Lipinski definition) is 5. The number of nitrogens with one attached hydrogen (secondary N) is 1. The summed E-state index contributed by atoms with van der Waals surface area (Å²) in [5.74, 6) is 2.80. The first kappa shape index (κ1) is 24.8. The number of nitrogens with zero attached hydrogens (tertiary/aromatic N) is 3. The standard InChI is InChI=1S/C25H29N5O2.HI/c1-18-16-30(17-19(2)31-18)24-12-11-20(14-27-24)15-28-25(26)29-21-7-6-10-23(13-21)32-22-8-4-3-5-9-22;/h3-14,18-19H,15-17H2,1-2H3,(H3,26,28,29);1H. The smallest absolute Gasteiger partial charge is 0.193 e. The predicted molar refractivity (Wildman–Crippen MR) is 144 cm³/mol. The third-order valence-corrected chi connectivity index (χ3v) is 5.07. The Morgan fingerprint density at radius 2 is 1.79 bits per heavy atom. The van der Waals surface area contributed by atoms with Crippen LogP contribution in [0.5, 0.6) is 11.5 Å². The summed E-state index contributed by atoms with van der Waals surface area (Å²) in [6.07, 6.45) is 2.25. The van der Waals surface area contributed by atoms with Crippen molar-refractivity contribution < 1.29 is 9.47 Å². The number of aliphatic imine (C=N–C) groups is 1. The highest BCUT2D eigenvalue weighted by molar-refractivity contribution is 14.0. The molecule has 4 rings (SSSR count). The van der Waals surface area contributed by atoms with E-state index >= 15 is 0 Å². The molecule has 3 aromatic rings. The van der Waals surface area contributed by atoms with Gasteiger partial charge in [0.25, 0.3) is 0 Å². The monoisotopic (exact) mass is 559 g/mol. The number of halogens is 1. The molecule has 1 saturated heterocycles. The van der Waals surface area contributed by atoms with E-state index in [0.29, 0.717) is 12.5 Å². The molecule has 1 aliphatic rings.